The largest absolute Gasteiger partial charge is 0.396 e. The van der Waals surface area contributed by atoms with Crippen molar-refractivity contribution in [1.82, 2.24) is 9.80 Å². The molecule has 112 valence electrons. The number of amides is 1. The second kappa shape index (κ2) is 6.70. The molecule has 0 unspecified atom stereocenters. The predicted molar refractivity (Wildman–Crippen MR) is 79.2 cm³/mol. The molecule has 5 heteroatoms. The lowest BCUT2D eigenvalue weighted by molar-refractivity contribution is -0.134. The number of aliphatic hydroxyl groups is 1. The number of likely N-dealkylation sites (tertiary alicyclic amines) is 1. The molecule has 0 radical (unpaired) electrons. The average molecular weight is 287 g/mol. The van der Waals surface area contributed by atoms with Crippen molar-refractivity contribution in [2.24, 2.45) is 11.8 Å². The first-order chi connectivity index (χ1) is 10.0. The summed E-state index contributed by atoms with van der Waals surface area (Å²) in [4.78, 5) is 15.9. The molecule has 1 N–H and O–H groups in total. The van der Waals surface area contributed by atoms with E-state index in [0.717, 1.165) is 5.56 Å². The fourth-order valence-electron chi connectivity index (χ4n) is 2.88. The number of nitrogens with zero attached hydrogens (tertiary/aromatic N) is 3. The van der Waals surface area contributed by atoms with Gasteiger partial charge in [0.15, 0.2) is 0 Å². The minimum atomic E-state index is -0.149. The van der Waals surface area contributed by atoms with Crippen LogP contribution in [0.2, 0.25) is 0 Å². The molecular weight excluding hydrogens is 266 g/mol. The number of hydrogen-bond donors (Lipinski definition) is 1. The molecule has 1 aromatic rings. The molecule has 2 rings (SSSR count). The normalized spacial score (nSPS) is 22.0. The molecule has 0 aliphatic carbocycles. The molecule has 1 aliphatic heterocycles. The molecule has 1 heterocycles. The zero-order chi connectivity index (χ0) is 15.4. The van der Waals surface area contributed by atoms with Crippen LogP contribution in [0, 0.1) is 23.2 Å². The Kier molecular flexibility index (Phi) is 4.94. The Morgan fingerprint density at radius 3 is 2.86 bits per heavy atom. The lowest BCUT2D eigenvalue weighted by Gasteiger charge is -2.20. The van der Waals surface area contributed by atoms with Gasteiger partial charge in [0.05, 0.1) is 17.6 Å². The van der Waals surface area contributed by atoms with Crippen LogP contribution in [0.4, 0.5) is 0 Å². The van der Waals surface area contributed by atoms with Gasteiger partial charge in [-0.2, -0.15) is 5.26 Å². The van der Waals surface area contributed by atoms with Gasteiger partial charge in [-0.05, 0) is 17.7 Å². The van der Waals surface area contributed by atoms with E-state index in [1.807, 2.05) is 18.2 Å². The molecule has 2 atom stereocenters. The summed E-state index contributed by atoms with van der Waals surface area (Å²) in [5.41, 5.74) is 1.70. The zero-order valence-electron chi connectivity index (χ0n) is 12.5. The predicted octanol–water partition coefficient (Wildman–Crippen LogP) is 0.687. The van der Waals surface area contributed by atoms with E-state index in [4.69, 9.17) is 5.26 Å². The van der Waals surface area contributed by atoms with Crippen LogP contribution in [0.15, 0.2) is 24.3 Å². The first-order valence-electron chi connectivity index (χ1n) is 7.08. The van der Waals surface area contributed by atoms with Gasteiger partial charge in [0.1, 0.15) is 0 Å². The van der Waals surface area contributed by atoms with Crippen molar-refractivity contribution in [3.05, 3.63) is 35.4 Å². The van der Waals surface area contributed by atoms with Gasteiger partial charge in [0, 0.05) is 46.3 Å². The Morgan fingerprint density at radius 2 is 2.24 bits per heavy atom. The molecule has 21 heavy (non-hydrogen) atoms. The fourth-order valence-corrected chi connectivity index (χ4v) is 2.88. The highest BCUT2D eigenvalue weighted by atomic mass is 16.3. The molecule has 0 saturated carbocycles. The fraction of sp³-hybridized carbons (Fsp3) is 0.500. The number of hydrogen-bond acceptors (Lipinski definition) is 4. The smallest absolute Gasteiger partial charge is 0.226 e. The van der Waals surface area contributed by atoms with Gasteiger partial charge in [-0.25, -0.2) is 0 Å². The maximum atomic E-state index is 12.2. The van der Waals surface area contributed by atoms with E-state index in [2.05, 4.69) is 11.0 Å². The minimum Gasteiger partial charge on any atom is -0.396 e. The summed E-state index contributed by atoms with van der Waals surface area (Å²) in [5, 5.41) is 18.4. The number of carbonyl (C=O) groups excluding carboxylic acids is 1. The van der Waals surface area contributed by atoms with E-state index < -0.39 is 0 Å². The summed E-state index contributed by atoms with van der Waals surface area (Å²) in [7, 11) is 3.49. The highest BCUT2D eigenvalue weighted by molar-refractivity contribution is 5.79. The summed E-state index contributed by atoms with van der Waals surface area (Å²) < 4.78 is 0. The van der Waals surface area contributed by atoms with E-state index in [0.29, 0.717) is 25.2 Å². The molecular formula is C16H21N3O2. The van der Waals surface area contributed by atoms with Crippen molar-refractivity contribution in [2.75, 3.05) is 33.8 Å². The third-order valence-electron chi connectivity index (χ3n) is 3.97. The monoisotopic (exact) mass is 287 g/mol. The average Bonchev–Trinajstić information content (AvgIpc) is 2.89. The molecule has 0 bridgehead atoms. The number of benzene rings is 1. The van der Waals surface area contributed by atoms with E-state index in [9.17, 15) is 9.90 Å². The summed E-state index contributed by atoms with van der Waals surface area (Å²) in [6.45, 7) is 2.08. The van der Waals surface area contributed by atoms with Crippen molar-refractivity contribution < 1.29 is 9.90 Å². The van der Waals surface area contributed by atoms with E-state index in [-0.39, 0.29) is 24.3 Å². The Bertz CT molecular complexity index is 551. The summed E-state index contributed by atoms with van der Waals surface area (Å²) in [6.07, 6.45) is 0. The van der Waals surface area contributed by atoms with E-state index in [1.54, 1.807) is 25.1 Å². The quantitative estimate of drug-likeness (QED) is 0.884. The lowest BCUT2D eigenvalue weighted by atomic mass is 9.96. The van der Waals surface area contributed by atoms with Crippen molar-refractivity contribution >= 4 is 5.91 Å². The molecule has 1 saturated heterocycles. The van der Waals surface area contributed by atoms with Crippen LogP contribution in [0.3, 0.4) is 0 Å². The summed E-state index contributed by atoms with van der Waals surface area (Å²) in [5.74, 6) is -0.0921. The topological polar surface area (TPSA) is 67.6 Å². The Labute approximate surface area is 125 Å². The van der Waals surface area contributed by atoms with Crippen LogP contribution in [0.1, 0.15) is 11.1 Å². The number of aliphatic hydroxyl groups excluding tert-OH is 1. The number of nitriles is 1. The standard InChI is InChI=1S/C16H21N3O2/c1-18(2)16(21)15-10-19(9-14(15)11-20)8-13-5-3-4-12(6-13)7-17/h3-6,14-15,20H,8-11H2,1-2H3/t14-,15+/m0/s1. The van der Waals surface area contributed by atoms with Gasteiger partial charge in [-0.15, -0.1) is 0 Å². The third kappa shape index (κ3) is 3.60. The number of carbonyl (C=O) groups is 1. The Hall–Kier alpha value is -1.90. The lowest BCUT2D eigenvalue weighted by Crippen LogP contribution is -2.35. The first kappa shape index (κ1) is 15.5. The molecule has 1 amide bonds. The second-order valence-corrected chi connectivity index (χ2v) is 5.79. The second-order valence-electron chi connectivity index (χ2n) is 5.79. The van der Waals surface area contributed by atoms with E-state index >= 15 is 0 Å². The number of rotatable bonds is 4. The molecule has 1 aliphatic rings. The summed E-state index contributed by atoms with van der Waals surface area (Å²) in [6, 6.07) is 9.64. The molecule has 5 nitrogen and oxygen atoms in total. The highest BCUT2D eigenvalue weighted by Crippen LogP contribution is 2.26. The Morgan fingerprint density at radius 1 is 1.48 bits per heavy atom. The van der Waals surface area contributed by atoms with E-state index in [1.165, 1.54) is 0 Å². The van der Waals surface area contributed by atoms with Gasteiger partial charge in [-0.1, -0.05) is 12.1 Å². The van der Waals surface area contributed by atoms with Crippen LogP contribution >= 0.6 is 0 Å². The molecule has 0 spiro atoms. The molecule has 1 fully saturated rings. The van der Waals surface area contributed by atoms with Crippen LogP contribution in [0.5, 0.6) is 0 Å². The van der Waals surface area contributed by atoms with Crippen molar-refractivity contribution in [2.45, 2.75) is 6.54 Å². The van der Waals surface area contributed by atoms with Gasteiger partial charge < -0.3 is 10.0 Å². The van der Waals surface area contributed by atoms with Crippen LogP contribution in [0.25, 0.3) is 0 Å². The summed E-state index contributed by atoms with van der Waals surface area (Å²) >= 11 is 0. The molecule has 0 aromatic heterocycles. The van der Waals surface area contributed by atoms with Gasteiger partial charge in [0.25, 0.3) is 0 Å². The van der Waals surface area contributed by atoms with Crippen LogP contribution in [-0.2, 0) is 11.3 Å². The third-order valence-corrected chi connectivity index (χ3v) is 3.97. The van der Waals surface area contributed by atoms with Crippen molar-refractivity contribution in [3.63, 3.8) is 0 Å². The van der Waals surface area contributed by atoms with Crippen molar-refractivity contribution in [1.29, 1.82) is 5.26 Å². The Balaban J connectivity index is 2.06. The highest BCUT2D eigenvalue weighted by Gasteiger charge is 2.37. The minimum absolute atomic E-state index is 0.0148. The van der Waals surface area contributed by atoms with Crippen LogP contribution in [-0.4, -0.2) is 54.6 Å². The maximum absolute atomic E-state index is 12.2. The van der Waals surface area contributed by atoms with Crippen molar-refractivity contribution in [3.8, 4) is 6.07 Å². The maximum Gasteiger partial charge on any atom is 0.226 e. The molecule has 1 aromatic carbocycles. The van der Waals surface area contributed by atoms with Crippen LogP contribution < -0.4 is 0 Å². The zero-order valence-corrected chi connectivity index (χ0v) is 12.5. The van der Waals surface area contributed by atoms with Gasteiger partial charge in [0.2, 0.25) is 5.91 Å². The first-order valence-corrected chi connectivity index (χ1v) is 7.08. The van der Waals surface area contributed by atoms with Gasteiger partial charge in [-0.3, -0.25) is 9.69 Å². The van der Waals surface area contributed by atoms with Gasteiger partial charge >= 0.3 is 0 Å². The SMILES string of the molecule is CN(C)C(=O)[C@@H]1CN(Cc2cccc(C#N)c2)C[C@H]1CO.